The van der Waals surface area contributed by atoms with E-state index in [1.165, 1.54) is 22.3 Å². The Morgan fingerprint density at radius 2 is 1.65 bits per heavy atom. The summed E-state index contributed by atoms with van der Waals surface area (Å²) in [4.78, 5) is 14.6. The van der Waals surface area contributed by atoms with Gasteiger partial charge in [0.2, 0.25) is 0 Å². The van der Waals surface area contributed by atoms with Gasteiger partial charge in [0.25, 0.3) is 0 Å². The van der Waals surface area contributed by atoms with E-state index in [-0.39, 0.29) is 23.7 Å². The van der Waals surface area contributed by atoms with E-state index in [2.05, 4.69) is 36.4 Å². The van der Waals surface area contributed by atoms with Crippen molar-refractivity contribution in [2.45, 2.75) is 24.0 Å². The molecule has 0 radical (unpaired) electrons. The number of hydrogen-bond donors (Lipinski definition) is 0. The van der Waals surface area contributed by atoms with Gasteiger partial charge >= 0.3 is 6.09 Å². The molecule has 4 nitrogen and oxygen atoms in total. The highest BCUT2D eigenvalue weighted by Crippen LogP contribution is 2.52. The zero-order chi connectivity index (χ0) is 21.0. The van der Waals surface area contributed by atoms with E-state index in [0.717, 1.165) is 12.0 Å². The summed E-state index contributed by atoms with van der Waals surface area (Å²) >= 11 is 6.02. The normalized spacial score (nSPS) is 23.6. The number of benzene rings is 3. The first-order valence-electron chi connectivity index (χ1n) is 10.7. The Morgan fingerprint density at radius 1 is 1.00 bits per heavy atom. The number of fused-ring (bicyclic) bond motifs is 4. The number of amides is 1. The quantitative estimate of drug-likeness (QED) is 0.508. The minimum atomic E-state index is -0.273. The van der Waals surface area contributed by atoms with Crippen LogP contribution in [0.5, 0.6) is 0 Å². The molecule has 156 valence electrons. The van der Waals surface area contributed by atoms with Gasteiger partial charge in [-0.15, -0.1) is 0 Å². The first kappa shape index (κ1) is 18.9. The average molecular weight is 432 g/mol. The molecule has 3 aliphatic rings. The molecule has 2 fully saturated rings. The molecule has 2 atom stereocenters. The second kappa shape index (κ2) is 7.11. The molecule has 2 saturated heterocycles. The minimum absolute atomic E-state index is 0.0166. The molecule has 0 saturated carbocycles. The van der Waals surface area contributed by atoms with E-state index in [4.69, 9.17) is 21.1 Å². The molecule has 3 aromatic rings. The van der Waals surface area contributed by atoms with Gasteiger partial charge in [-0.3, -0.25) is 0 Å². The van der Waals surface area contributed by atoms with Crippen molar-refractivity contribution in [2.75, 3.05) is 19.7 Å². The predicted octanol–water partition coefficient (Wildman–Crippen LogP) is 5.59. The molecule has 6 rings (SSSR count). The van der Waals surface area contributed by atoms with E-state index >= 15 is 0 Å². The van der Waals surface area contributed by atoms with E-state index < -0.39 is 0 Å². The lowest BCUT2D eigenvalue weighted by atomic mass is 9.89. The average Bonchev–Trinajstić information content (AvgIpc) is 3.47. The topological polar surface area (TPSA) is 42.1 Å². The highest BCUT2D eigenvalue weighted by molar-refractivity contribution is 6.30. The molecule has 2 heterocycles. The smallest absolute Gasteiger partial charge is 0.409 e. The van der Waals surface area contributed by atoms with Crippen LogP contribution in [-0.2, 0) is 15.1 Å². The number of likely N-dealkylation sites (tertiary alicyclic amines) is 1. The van der Waals surface area contributed by atoms with Crippen molar-refractivity contribution in [3.63, 3.8) is 0 Å². The standard InChI is InChI=1S/C26H22ClNO3/c27-18-11-9-17(10-12-18)26-13-14-28(15-24(26)31-26)25(29)30-16-23-21-7-3-1-5-19(21)20-6-2-4-8-22(20)23/h1-12,23-24H,13-16H2. The Balaban J connectivity index is 1.13. The van der Waals surface area contributed by atoms with Gasteiger partial charge in [0.15, 0.2) is 0 Å². The molecule has 31 heavy (non-hydrogen) atoms. The number of carbonyl (C=O) groups is 1. The third-order valence-electron chi connectivity index (χ3n) is 6.88. The van der Waals surface area contributed by atoms with Crippen LogP contribution in [0.4, 0.5) is 4.79 Å². The van der Waals surface area contributed by atoms with Gasteiger partial charge in [-0.1, -0.05) is 72.3 Å². The van der Waals surface area contributed by atoms with Crippen LogP contribution in [0.2, 0.25) is 5.02 Å². The molecule has 0 aromatic heterocycles. The molecule has 0 spiro atoms. The van der Waals surface area contributed by atoms with Gasteiger partial charge in [-0.2, -0.15) is 0 Å². The molecule has 5 heteroatoms. The summed E-state index contributed by atoms with van der Waals surface area (Å²) in [6.07, 6.45) is 0.522. The van der Waals surface area contributed by atoms with Crippen LogP contribution in [0.25, 0.3) is 11.1 Å². The molecule has 3 aromatic carbocycles. The largest absolute Gasteiger partial charge is 0.448 e. The van der Waals surface area contributed by atoms with Crippen molar-refractivity contribution in [2.24, 2.45) is 0 Å². The maximum atomic E-state index is 12.9. The van der Waals surface area contributed by atoms with Gasteiger partial charge in [0.05, 0.1) is 6.54 Å². The van der Waals surface area contributed by atoms with E-state index in [1.807, 2.05) is 36.4 Å². The van der Waals surface area contributed by atoms with Crippen molar-refractivity contribution in [1.82, 2.24) is 4.90 Å². The van der Waals surface area contributed by atoms with E-state index in [0.29, 0.717) is 24.7 Å². The van der Waals surface area contributed by atoms with Crippen LogP contribution in [-0.4, -0.2) is 36.8 Å². The number of hydrogen-bond acceptors (Lipinski definition) is 3. The molecule has 0 bridgehead atoms. The zero-order valence-electron chi connectivity index (χ0n) is 17.0. The van der Waals surface area contributed by atoms with Gasteiger partial charge < -0.3 is 14.4 Å². The Morgan fingerprint density at radius 3 is 2.29 bits per heavy atom. The first-order chi connectivity index (χ1) is 15.2. The van der Waals surface area contributed by atoms with Gasteiger partial charge in [-0.25, -0.2) is 4.79 Å². The van der Waals surface area contributed by atoms with Crippen LogP contribution in [0.15, 0.2) is 72.8 Å². The zero-order valence-corrected chi connectivity index (χ0v) is 17.7. The second-order valence-electron chi connectivity index (χ2n) is 8.50. The summed E-state index contributed by atoms with van der Waals surface area (Å²) in [5.41, 5.74) is 5.77. The number of epoxide rings is 1. The number of carbonyl (C=O) groups excluding carboxylic acids is 1. The fourth-order valence-corrected chi connectivity index (χ4v) is 5.32. The van der Waals surface area contributed by atoms with Crippen molar-refractivity contribution >= 4 is 17.7 Å². The lowest BCUT2D eigenvalue weighted by Crippen LogP contribution is -2.42. The molecule has 2 unspecified atom stereocenters. The highest BCUT2D eigenvalue weighted by Gasteiger charge is 2.60. The second-order valence-corrected chi connectivity index (χ2v) is 8.94. The molecule has 1 amide bonds. The Labute approximate surface area is 186 Å². The van der Waals surface area contributed by atoms with Gasteiger partial charge in [-0.05, 0) is 39.9 Å². The summed E-state index contributed by atoms with van der Waals surface area (Å²) in [5.74, 6) is 0.0754. The number of piperidine rings is 1. The lowest BCUT2D eigenvalue weighted by Gasteiger charge is -2.28. The van der Waals surface area contributed by atoms with Crippen LogP contribution < -0.4 is 0 Å². The summed E-state index contributed by atoms with van der Waals surface area (Å²) < 4.78 is 11.9. The predicted molar refractivity (Wildman–Crippen MR) is 119 cm³/mol. The third-order valence-corrected chi connectivity index (χ3v) is 7.13. The summed E-state index contributed by atoms with van der Waals surface area (Å²) in [6, 6.07) is 24.6. The van der Waals surface area contributed by atoms with E-state index in [9.17, 15) is 4.79 Å². The van der Waals surface area contributed by atoms with Crippen LogP contribution in [0, 0.1) is 0 Å². The fourth-order valence-electron chi connectivity index (χ4n) is 5.20. The van der Waals surface area contributed by atoms with Crippen molar-refractivity contribution in [3.8, 4) is 11.1 Å². The van der Waals surface area contributed by atoms with Crippen LogP contribution >= 0.6 is 11.6 Å². The maximum Gasteiger partial charge on any atom is 0.409 e. The molecule has 1 aliphatic carbocycles. The molecular formula is C26H22ClNO3. The minimum Gasteiger partial charge on any atom is -0.448 e. The number of ether oxygens (including phenoxy) is 2. The van der Waals surface area contributed by atoms with Crippen LogP contribution in [0.3, 0.4) is 0 Å². The monoisotopic (exact) mass is 431 g/mol. The van der Waals surface area contributed by atoms with Crippen molar-refractivity contribution in [3.05, 3.63) is 94.5 Å². The van der Waals surface area contributed by atoms with Gasteiger partial charge in [0, 0.05) is 23.9 Å². The Kier molecular flexibility index (Phi) is 4.34. The van der Waals surface area contributed by atoms with Crippen molar-refractivity contribution < 1.29 is 14.3 Å². The van der Waals surface area contributed by atoms with Crippen LogP contribution in [0.1, 0.15) is 29.0 Å². The number of nitrogens with zero attached hydrogens (tertiary/aromatic N) is 1. The SMILES string of the molecule is O=C(OCC1c2ccccc2-c2ccccc21)N1CCC2(c3ccc(Cl)cc3)OC2C1. The van der Waals surface area contributed by atoms with Crippen molar-refractivity contribution in [1.29, 1.82) is 0 Å². The molecule has 0 N–H and O–H groups in total. The lowest BCUT2D eigenvalue weighted by molar-refractivity contribution is 0.0930. The third kappa shape index (κ3) is 3.05. The van der Waals surface area contributed by atoms with E-state index in [1.54, 1.807) is 4.90 Å². The maximum absolute atomic E-state index is 12.9. The first-order valence-corrected chi connectivity index (χ1v) is 11.1. The highest BCUT2D eigenvalue weighted by atomic mass is 35.5. The molecular weight excluding hydrogens is 410 g/mol. The fraction of sp³-hybridized carbons (Fsp3) is 0.269. The number of halogens is 1. The summed E-state index contributed by atoms with van der Waals surface area (Å²) in [5, 5.41) is 0.716. The Bertz CT molecular complexity index is 1120. The summed E-state index contributed by atoms with van der Waals surface area (Å²) in [7, 11) is 0. The Hall–Kier alpha value is -2.82. The molecule has 2 aliphatic heterocycles. The summed E-state index contributed by atoms with van der Waals surface area (Å²) in [6.45, 7) is 1.52. The van der Waals surface area contributed by atoms with Gasteiger partial charge in [0.1, 0.15) is 18.3 Å². The number of rotatable bonds is 3.